The number of methoxy groups -OCH3 is 1. The fourth-order valence-corrected chi connectivity index (χ4v) is 3.55. The smallest absolute Gasteiger partial charge is 0.136 e. The van der Waals surface area contributed by atoms with E-state index in [-0.39, 0.29) is 12.0 Å². The summed E-state index contributed by atoms with van der Waals surface area (Å²) in [6, 6.07) is 0. The highest BCUT2D eigenvalue weighted by molar-refractivity contribution is 5.81. The van der Waals surface area contributed by atoms with Crippen molar-refractivity contribution in [2.45, 2.75) is 90.6 Å². The van der Waals surface area contributed by atoms with Gasteiger partial charge in [-0.1, -0.05) is 58.8 Å². The summed E-state index contributed by atoms with van der Waals surface area (Å²) in [5.74, 6) is 1.13. The number of hydrogen-bond donors (Lipinski definition) is 0. The third kappa shape index (κ3) is 5.95. The Morgan fingerprint density at radius 1 is 1.15 bits per heavy atom. The molecule has 0 saturated heterocycles. The normalized spacial score (nSPS) is 22.8. The lowest BCUT2D eigenvalue weighted by molar-refractivity contribution is -0.128. The molecule has 3 unspecified atom stereocenters. The van der Waals surface area contributed by atoms with Gasteiger partial charge in [0.15, 0.2) is 0 Å². The van der Waals surface area contributed by atoms with E-state index in [1.54, 1.807) is 0 Å². The van der Waals surface area contributed by atoms with Gasteiger partial charge in [-0.25, -0.2) is 0 Å². The summed E-state index contributed by atoms with van der Waals surface area (Å²) in [6.07, 6.45) is 13.5. The van der Waals surface area contributed by atoms with E-state index in [0.29, 0.717) is 11.7 Å². The molecule has 3 atom stereocenters. The van der Waals surface area contributed by atoms with Crippen molar-refractivity contribution >= 4 is 5.78 Å². The summed E-state index contributed by atoms with van der Waals surface area (Å²) in [6.45, 7) is 4.48. The largest absolute Gasteiger partial charge is 0.381 e. The van der Waals surface area contributed by atoms with Gasteiger partial charge >= 0.3 is 0 Å². The van der Waals surface area contributed by atoms with Crippen LogP contribution < -0.4 is 0 Å². The van der Waals surface area contributed by atoms with Crippen molar-refractivity contribution in [3.8, 4) is 0 Å². The summed E-state index contributed by atoms with van der Waals surface area (Å²) >= 11 is 0. The van der Waals surface area contributed by atoms with E-state index in [9.17, 15) is 4.79 Å². The average molecular weight is 282 g/mol. The molecule has 0 aliphatic heterocycles. The second kappa shape index (κ2) is 10.4. The first-order chi connectivity index (χ1) is 9.70. The minimum atomic E-state index is 0.258. The lowest BCUT2D eigenvalue weighted by atomic mass is 9.76. The number of rotatable bonds is 10. The van der Waals surface area contributed by atoms with E-state index in [1.165, 1.54) is 44.9 Å². The molecule has 0 aromatic carbocycles. The Hall–Kier alpha value is -0.370. The molecule has 1 saturated carbocycles. The maximum atomic E-state index is 12.0. The van der Waals surface area contributed by atoms with E-state index in [1.807, 2.05) is 7.11 Å². The van der Waals surface area contributed by atoms with Crippen molar-refractivity contribution < 1.29 is 9.53 Å². The maximum Gasteiger partial charge on any atom is 0.136 e. The lowest BCUT2D eigenvalue weighted by Crippen LogP contribution is -2.34. The molecule has 1 aliphatic rings. The highest BCUT2D eigenvalue weighted by atomic mass is 16.5. The van der Waals surface area contributed by atoms with Crippen molar-refractivity contribution in [2.24, 2.45) is 11.8 Å². The first-order valence-corrected chi connectivity index (χ1v) is 8.76. The molecule has 0 spiro atoms. The zero-order chi connectivity index (χ0) is 14.8. The van der Waals surface area contributed by atoms with Gasteiger partial charge in [-0.3, -0.25) is 4.79 Å². The molecule has 2 nitrogen and oxygen atoms in total. The van der Waals surface area contributed by atoms with Crippen molar-refractivity contribution in [1.29, 1.82) is 0 Å². The van der Waals surface area contributed by atoms with Crippen LogP contribution in [0.3, 0.4) is 0 Å². The van der Waals surface area contributed by atoms with Crippen molar-refractivity contribution in [3.05, 3.63) is 0 Å². The van der Waals surface area contributed by atoms with E-state index in [0.717, 1.165) is 25.7 Å². The number of Topliss-reactive ketones (excluding diaryl/α,β-unsaturated/α-hetero) is 1. The van der Waals surface area contributed by atoms with Crippen molar-refractivity contribution in [3.63, 3.8) is 0 Å². The SMILES string of the molecule is CCCCCCCCC(OC)C(C)C1CCCCC1=O. The molecule has 0 bridgehead atoms. The zero-order valence-corrected chi connectivity index (χ0v) is 13.8. The minimum absolute atomic E-state index is 0.258. The first-order valence-electron chi connectivity index (χ1n) is 8.76. The van der Waals surface area contributed by atoms with Gasteiger partial charge in [0.05, 0.1) is 6.10 Å². The van der Waals surface area contributed by atoms with Crippen LogP contribution in [0.25, 0.3) is 0 Å². The number of carbonyl (C=O) groups is 1. The molecule has 1 aliphatic carbocycles. The summed E-state index contributed by atoms with van der Waals surface area (Å²) in [4.78, 5) is 12.0. The third-order valence-electron chi connectivity index (χ3n) is 4.97. The van der Waals surface area contributed by atoms with Crippen LogP contribution >= 0.6 is 0 Å². The molecule has 0 radical (unpaired) electrons. The lowest BCUT2D eigenvalue weighted by Gasteiger charge is -2.31. The Kier molecular flexibility index (Phi) is 9.17. The van der Waals surface area contributed by atoms with Crippen LogP contribution in [0.1, 0.15) is 84.5 Å². The zero-order valence-electron chi connectivity index (χ0n) is 13.8. The van der Waals surface area contributed by atoms with Gasteiger partial charge in [-0.2, -0.15) is 0 Å². The van der Waals surface area contributed by atoms with Crippen LogP contribution in [-0.2, 0) is 9.53 Å². The molecular formula is C18H34O2. The average Bonchev–Trinajstić information content (AvgIpc) is 2.46. The molecule has 0 heterocycles. The Balaban J connectivity index is 2.27. The monoisotopic (exact) mass is 282 g/mol. The van der Waals surface area contributed by atoms with Crippen LogP contribution in [0.15, 0.2) is 0 Å². The fourth-order valence-electron chi connectivity index (χ4n) is 3.55. The molecule has 118 valence electrons. The van der Waals surface area contributed by atoms with Crippen LogP contribution in [0.2, 0.25) is 0 Å². The number of ketones is 1. The fraction of sp³-hybridized carbons (Fsp3) is 0.944. The third-order valence-corrected chi connectivity index (χ3v) is 4.97. The van der Waals surface area contributed by atoms with Crippen molar-refractivity contribution in [1.82, 2.24) is 0 Å². The molecule has 0 aromatic heterocycles. The Labute approximate surface area is 125 Å². The van der Waals surface area contributed by atoms with E-state index < -0.39 is 0 Å². The molecule has 0 amide bonds. The standard InChI is InChI=1S/C18H34O2/c1-4-5-6-7-8-9-14-18(20-3)15(2)16-12-10-11-13-17(16)19/h15-16,18H,4-14H2,1-3H3. The Morgan fingerprint density at radius 3 is 2.50 bits per heavy atom. The van der Waals surface area contributed by atoms with Gasteiger partial charge in [0.25, 0.3) is 0 Å². The molecular weight excluding hydrogens is 248 g/mol. The van der Waals surface area contributed by atoms with Gasteiger partial charge < -0.3 is 4.74 Å². The van der Waals surface area contributed by atoms with Crippen molar-refractivity contribution in [2.75, 3.05) is 7.11 Å². The van der Waals surface area contributed by atoms with Gasteiger partial charge in [0.2, 0.25) is 0 Å². The van der Waals surface area contributed by atoms with Gasteiger partial charge in [0.1, 0.15) is 5.78 Å². The summed E-state index contributed by atoms with van der Waals surface area (Å²) < 4.78 is 5.69. The van der Waals surface area contributed by atoms with Crippen LogP contribution in [-0.4, -0.2) is 19.0 Å². The van der Waals surface area contributed by atoms with Gasteiger partial charge in [-0.15, -0.1) is 0 Å². The molecule has 2 heteroatoms. The van der Waals surface area contributed by atoms with Crippen LogP contribution in [0, 0.1) is 11.8 Å². The predicted molar refractivity (Wildman–Crippen MR) is 84.9 cm³/mol. The molecule has 20 heavy (non-hydrogen) atoms. The quantitative estimate of drug-likeness (QED) is 0.518. The van der Waals surface area contributed by atoms with E-state index >= 15 is 0 Å². The van der Waals surface area contributed by atoms with E-state index in [2.05, 4.69) is 13.8 Å². The Morgan fingerprint density at radius 2 is 1.85 bits per heavy atom. The summed E-state index contributed by atoms with van der Waals surface area (Å²) in [7, 11) is 1.81. The minimum Gasteiger partial charge on any atom is -0.381 e. The second-order valence-electron chi connectivity index (χ2n) is 6.51. The number of hydrogen-bond acceptors (Lipinski definition) is 2. The maximum absolute atomic E-state index is 12.0. The number of carbonyl (C=O) groups excluding carboxylic acids is 1. The van der Waals surface area contributed by atoms with Gasteiger partial charge in [0, 0.05) is 19.4 Å². The van der Waals surface area contributed by atoms with E-state index in [4.69, 9.17) is 4.74 Å². The molecule has 0 N–H and O–H groups in total. The highest BCUT2D eigenvalue weighted by Crippen LogP contribution is 2.31. The topological polar surface area (TPSA) is 26.3 Å². The highest BCUT2D eigenvalue weighted by Gasteiger charge is 2.32. The second-order valence-corrected chi connectivity index (χ2v) is 6.51. The first kappa shape index (κ1) is 17.7. The van der Waals surface area contributed by atoms with Gasteiger partial charge in [-0.05, 0) is 25.2 Å². The summed E-state index contributed by atoms with van der Waals surface area (Å²) in [5, 5.41) is 0. The number of ether oxygens (including phenoxy) is 1. The molecule has 1 fully saturated rings. The summed E-state index contributed by atoms with van der Waals surface area (Å²) in [5.41, 5.74) is 0. The number of unbranched alkanes of at least 4 members (excludes halogenated alkanes) is 5. The van der Waals surface area contributed by atoms with Crippen LogP contribution in [0.4, 0.5) is 0 Å². The Bertz CT molecular complexity index is 262. The molecule has 0 aromatic rings. The molecule has 1 rings (SSSR count). The van der Waals surface area contributed by atoms with Crippen LogP contribution in [0.5, 0.6) is 0 Å². The predicted octanol–water partition coefficient (Wildman–Crippen LogP) is 5.15.